The molecule has 0 radical (unpaired) electrons. The number of nitrogens with zero attached hydrogens (tertiary/aromatic N) is 2. The maximum atomic E-state index is 13.3. The summed E-state index contributed by atoms with van der Waals surface area (Å²) in [5.41, 5.74) is 0.301. The van der Waals surface area contributed by atoms with Crippen LogP contribution in [0.25, 0.3) is 10.8 Å². The highest BCUT2D eigenvalue weighted by atomic mass is 16.5. The summed E-state index contributed by atoms with van der Waals surface area (Å²) in [7, 11) is 0. The molecule has 2 aromatic rings. The maximum Gasteiger partial charge on any atom is 0.240 e. The van der Waals surface area contributed by atoms with Crippen LogP contribution in [0.2, 0.25) is 0 Å². The second kappa shape index (κ2) is 5.62. The van der Waals surface area contributed by atoms with Gasteiger partial charge >= 0.3 is 0 Å². The van der Waals surface area contributed by atoms with Gasteiger partial charge in [-0.2, -0.15) is 5.26 Å². The Morgan fingerprint density at radius 1 is 1.19 bits per heavy atom. The van der Waals surface area contributed by atoms with Gasteiger partial charge in [-0.15, -0.1) is 0 Å². The molecule has 6 nitrogen and oxygen atoms in total. The highest BCUT2D eigenvalue weighted by Gasteiger charge is 2.69. The molecule has 4 atom stereocenters. The molecule has 2 amide bonds. The molecule has 0 aliphatic carbocycles. The van der Waals surface area contributed by atoms with Crippen molar-refractivity contribution < 1.29 is 19.4 Å². The zero-order valence-corrected chi connectivity index (χ0v) is 14.6. The quantitative estimate of drug-likeness (QED) is 0.845. The van der Waals surface area contributed by atoms with Crippen molar-refractivity contribution in [1.82, 2.24) is 0 Å². The number of hydrogen-bond donors (Lipinski definition) is 1. The summed E-state index contributed by atoms with van der Waals surface area (Å²) in [6.07, 6.45) is 1.54. The van der Waals surface area contributed by atoms with Crippen LogP contribution >= 0.6 is 0 Å². The van der Waals surface area contributed by atoms with Gasteiger partial charge in [-0.1, -0.05) is 24.3 Å². The van der Waals surface area contributed by atoms with Gasteiger partial charge in [-0.25, -0.2) is 4.90 Å². The van der Waals surface area contributed by atoms with Crippen LogP contribution < -0.4 is 4.90 Å². The molecular weight excluding hydrogens is 344 g/mol. The minimum atomic E-state index is -0.728. The largest absolute Gasteiger partial charge is 0.396 e. The van der Waals surface area contributed by atoms with Crippen LogP contribution in [0, 0.1) is 23.2 Å². The Labute approximate surface area is 155 Å². The zero-order chi connectivity index (χ0) is 18.8. The Morgan fingerprint density at radius 3 is 2.70 bits per heavy atom. The lowest BCUT2D eigenvalue weighted by molar-refractivity contribution is -0.128. The smallest absolute Gasteiger partial charge is 0.240 e. The summed E-state index contributed by atoms with van der Waals surface area (Å²) < 4.78 is 6.04. The summed E-state index contributed by atoms with van der Waals surface area (Å²) in [5.74, 6) is -1.50. The lowest BCUT2D eigenvalue weighted by Gasteiger charge is -2.30. The number of nitriles is 1. The number of ether oxygens (including phenoxy) is 1. The van der Waals surface area contributed by atoms with E-state index in [4.69, 9.17) is 4.74 Å². The number of amides is 2. The Kier molecular flexibility index (Phi) is 3.42. The fourth-order valence-electron chi connectivity index (χ4n) is 5.25. The molecule has 3 aliphatic heterocycles. The van der Waals surface area contributed by atoms with Crippen molar-refractivity contribution in [3.05, 3.63) is 42.0 Å². The Bertz CT molecular complexity index is 1030. The van der Waals surface area contributed by atoms with E-state index in [0.29, 0.717) is 29.5 Å². The van der Waals surface area contributed by atoms with Crippen LogP contribution in [0.4, 0.5) is 5.69 Å². The lowest BCUT2D eigenvalue weighted by atomic mass is 9.71. The first-order valence-electron chi connectivity index (χ1n) is 9.19. The fourth-order valence-corrected chi connectivity index (χ4v) is 5.25. The van der Waals surface area contributed by atoms with Crippen LogP contribution in [0.1, 0.15) is 24.8 Å². The predicted octanol–water partition coefficient (Wildman–Crippen LogP) is 2.13. The summed E-state index contributed by atoms with van der Waals surface area (Å²) in [6, 6.07) is 12.8. The van der Waals surface area contributed by atoms with Gasteiger partial charge in [0.25, 0.3) is 0 Å². The predicted molar refractivity (Wildman–Crippen MR) is 96.7 cm³/mol. The van der Waals surface area contributed by atoms with Crippen LogP contribution in [0.5, 0.6) is 0 Å². The zero-order valence-electron chi connectivity index (χ0n) is 14.6. The van der Waals surface area contributed by atoms with Gasteiger partial charge in [-0.3, -0.25) is 9.59 Å². The van der Waals surface area contributed by atoms with E-state index in [9.17, 15) is 20.0 Å². The summed E-state index contributed by atoms with van der Waals surface area (Å²) in [5, 5.41) is 20.3. The Hall–Kier alpha value is -2.75. The Morgan fingerprint density at radius 2 is 1.96 bits per heavy atom. The van der Waals surface area contributed by atoms with Crippen molar-refractivity contribution in [3.63, 3.8) is 0 Å². The monoisotopic (exact) mass is 362 g/mol. The first-order valence-corrected chi connectivity index (χ1v) is 9.19. The number of carbonyl (C=O) groups is 2. The third-order valence-corrected chi connectivity index (χ3v) is 6.35. The van der Waals surface area contributed by atoms with Gasteiger partial charge in [-0.05, 0) is 25.0 Å². The van der Waals surface area contributed by atoms with Crippen LogP contribution in [0.3, 0.4) is 0 Å². The van der Waals surface area contributed by atoms with E-state index >= 15 is 0 Å². The number of rotatable bonds is 3. The number of aliphatic hydroxyl groups is 1. The number of carbonyl (C=O) groups excluding carboxylic acids is 2. The number of anilines is 1. The van der Waals surface area contributed by atoms with Crippen LogP contribution in [-0.4, -0.2) is 35.2 Å². The molecule has 0 saturated carbocycles. The molecule has 3 aliphatic rings. The molecule has 136 valence electrons. The third-order valence-electron chi connectivity index (χ3n) is 6.35. The highest BCUT2D eigenvalue weighted by molar-refractivity contribution is 6.26. The van der Waals surface area contributed by atoms with Gasteiger partial charge in [0, 0.05) is 23.8 Å². The van der Waals surface area contributed by atoms with Crippen LogP contribution in [0.15, 0.2) is 36.4 Å². The molecule has 5 rings (SSSR count). The molecule has 0 spiro atoms. The average Bonchev–Trinajstić information content (AvgIpc) is 3.32. The van der Waals surface area contributed by atoms with E-state index in [1.54, 1.807) is 12.1 Å². The number of imide groups is 1. The normalized spacial score (nSPS) is 31.6. The topological polar surface area (TPSA) is 90.6 Å². The molecule has 0 aromatic heterocycles. The number of benzene rings is 2. The second-order valence-electron chi connectivity index (χ2n) is 7.54. The van der Waals surface area contributed by atoms with Gasteiger partial charge < -0.3 is 9.84 Å². The minimum absolute atomic E-state index is 0.0722. The number of aliphatic hydroxyl groups excluding tert-OH is 1. The van der Waals surface area contributed by atoms with E-state index in [1.165, 1.54) is 4.90 Å². The van der Waals surface area contributed by atoms with Gasteiger partial charge in [0.1, 0.15) is 0 Å². The minimum Gasteiger partial charge on any atom is -0.396 e. The number of hydrogen-bond acceptors (Lipinski definition) is 5. The first-order chi connectivity index (χ1) is 13.1. The fraction of sp³-hybridized carbons (Fsp3) is 0.381. The van der Waals surface area contributed by atoms with Gasteiger partial charge in [0.2, 0.25) is 11.8 Å². The number of fused-ring (bicyclic) bond motifs is 6. The van der Waals surface area contributed by atoms with Crippen LogP contribution in [-0.2, 0) is 14.3 Å². The van der Waals surface area contributed by atoms with E-state index in [0.717, 1.165) is 11.8 Å². The maximum absolute atomic E-state index is 13.3. The van der Waals surface area contributed by atoms with Crippen molar-refractivity contribution in [2.75, 3.05) is 11.5 Å². The molecule has 3 fully saturated rings. The van der Waals surface area contributed by atoms with Crippen molar-refractivity contribution in [3.8, 4) is 6.07 Å². The SMILES string of the molecule is N#Cc1ccc(N2C(=O)[C@H]3[C@@H](C2=O)[C@]2(CCO)CC[C@H]3O2)c2ccccc12. The van der Waals surface area contributed by atoms with E-state index in [2.05, 4.69) is 6.07 Å². The summed E-state index contributed by atoms with van der Waals surface area (Å²) >= 11 is 0. The van der Waals surface area contributed by atoms with E-state index < -0.39 is 17.4 Å². The third kappa shape index (κ3) is 2.01. The second-order valence-corrected chi connectivity index (χ2v) is 7.54. The van der Waals surface area contributed by atoms with Crippen molar-refractivity contribution >= 4 is 28.3 Å². The molecule has 3 saturated heterocycles. The summed E-state index contributed by atoms with van der Waals surface area (Å²) in [4.78, 5) is 27.9. The van der Waals surface area contributed by atoms with E-state index in [1.807, 2.05) is 24.3 Å². The van der Waals surface area contributed by atoms with Crippen molar-refractivity contribution in [2.45, 2.75) is 31.0 Å². The highest BCUT2D eigenvalue weighted by Crippen LogP contribution is 2.57. The molecule has 2 aromatic carbocycles. The molecule has 3 heterocycles. The molecule has 2 bridgehead atoms. The van der Waals surface area contributed by atoms with Gasteiger partial charge in [0.05, 0.1) is 40.9 Å². The molecule has 6 heteroatoms. The molecule has 1 N–H and O–H groups in total. The standard InChI is InChI=1S/C21H18N2O4/c22-11-12-5-6-15(14-4-2-1-3-13(12)14)23-19(25)17-16-7-8-21(27-16,9-10-24)18(17)20(23)26/h1-6,16-18,24H,7-10H2/t16-,17-,18+,21-/m1/s1. The van der Waals surface area contributed by atoms with Crippen molar-refractivity contribution in [1.29, 1.82) is 5.26 Å². The lowest BCUT2D eigenvalue weighted by Crippen LogP contribution is -2.42. The molecular formula is C21H18N2O4. The molecule has 0 unspecified atom stereocenters. The first kappa shape index (κ1) is 16.4. The molecule has 27 heavy (non-hydrogen) atoms. The van der Waals surface area contributed by atoms with Crippen molar-refractivity contribution in [2.24, 2.45) is 11.8 Å². The Balaban J connectivity index is 1.65. The van der Waals surface area contributed by atoms with Gasteiger partial charge in [0.15, 0.2) is 0 Å². The van der Waals surface area contributed by atoms with E-state index in [-0.39, 0.29) is 24.5 Å². The summed E-state index contributed by atoms with van der Waals surface area (Å²) in [6.45, 7) is -0.0722. The average molecular weight is 362 g/mol.